The molecule has 1 aliphatic carbocycles. The fraction of sp³-hybridized carbons (Fsp3) is 0.538. The highest BCUT2D eigenvalue weighted by Crippen LogP contribution is 2.45. The molecule has 1 N–H and O–H groups in total. The average Bonchev–Trinajstić information content (AvgIpc) is 3.39. The molecule has 1 saturated carbocycles. The van der Waals surface area contributed by atoms with Gasteiger partial charge in [-0.05, 0) is 55.4 Å². The molecule has 10 heteroatoms. The Labute approximate surface area is 218 Å². The highest BCUT2D eigenvalue weighted by Gasteiger charge is 2.54. The number of anilines is 2. The van der Waals surface area contributed by atoms with Gasteiger partial charge in [0.05, 0.1) is 5.69 Å². The molecule has 0 radical (unpaired) electrons. The summed E-state index contributed by atoms with van der Waals surface area (Å²) in [6.45, 7) is 7.91. The Bertz CT molecular complexity index is 1230. The number of benzene rings is 1. The van der Waals surface area contributed by atoms with E-state index in [-0.39, 0.29) is 5.03 Å². The van der Waals surface area contributed by atoms with Crippen molar-refractivity contribution in [3.05, 3.63) is 41.4 Å². The number of nitrogens with one attached hydrogen (secondary N) is 1. The first-order chi connectivity index (χ1) is 17.1. The number of carbonyl (C=O) groups is 1. The van der Waals surface area contributed by atoms with Gasteiger partial charge in [0.1, 0.15) is 11.6 Å². The Balaban J connectivity index is 1.34. The lowest BCUT2D eigenvalue weighted by molar-refractivity contribution is -0.127. The number of rotatable bonds is 7. The van der Waals surface area contributed by atoms with E-state index in [1.54, 1.807) is 18.2 Å². The molecule has 194 valence electrons. The van der Waals surface area contributed by atoms with Crippen molar-refractivity contribution in [3.63, 3.8) is 0 Å². The Morgan fingerprint density at radius 1 is 1.08 bits per heavy atom. The number of hydrogen-bond acceptors (Lipinski definition) is 7. The fourth-order valence-electron chi connectivity index (χ4n) is 5.33. The molecule has 1 aromatic carbocycles. The molecule has 0 bridgehead atoms. The molecule has 3 aliphatic rings. The van der Waals surface area contributed by atoms with Gasteiger partial charge in [-0.3, -0.25) is 4.79 Å². The SMILES string of the molecule is CC1CC(C)CN(c2ccc(Cl)cc2OC2(C(=O)NS(=O)(=O)c3cccc(N4CCCC4)n3)CC2)C1. The van der Waals surface area contributed by atoms with Crippen LogP contribution in [0.25, 0.3) is 0 Å². The van der Waals surface area contributed by atoms with Gasteiger partial charge in [-0.25, -0.2) is 9.71 Å². The summed E-state index contributed by atoms with van der Waals surface area (Å²) in [5.41, 5.74) is -0.369. The normalized spacial score (nSPS) is 23.4. The van der Waals surface area contributed by atoms with Crippen LogP contribution in [-0.2, 0) is 14.8 Å². The minimum Gasteiger partial charge on any atom is -0.475 e. The molecule has 2 unspecified atom stereocenters. The number of nitrogens with zero attached hydrogens (tertiary/aromatic N) is 3. The number of sulfonamides is 1. The second kappa shape index (κ2) is 9.74. The number of halogens is 1. The first kappa shape index (κ1) is 25.1. The van der Waals surface area contributed by atoms with Gasteiger partial charge in [-0.15, -0.1) is 0 Å². The van der Waals surface area contributed by atoms with Crippen molar-refractivity contribution >= 4 is 39.0 Å². The smallest absolute Gasteiger partial charge is 0.281 e. The molecule has 1 amide bonds. The van der Waals surface area contributed by atoms with Gasteiger partial charge >= 0.3 is 0 Å². The second-order valence-corrected chi connectivity index (χ2v) is 12.6. The van der Waals surface area contributed by atoms with E-state index in [9.17, 15) is 13.2 Å². The predicted molar refractivity (Wildman–Crippen MR) is 140 cm³/mol. The van der Waals surface area contributed by atoms with E-state index in [0.29, 0.717) is 41.3 Å². The molecule has 8 nitrogen and oxygen atoms in total. The minimum atomic E-state index is -4.15. The largest absolute Gasteiger partial charge is 0.475 e. The van der Waals surface area contributed by atoms with Crippen molar-refractivity contribution in [2.24, 2.45) is 11.8 Å². The van der Waals surface area contributed by atoms with Crippen molar-refractivity contribution in [1.29, 1.82) is 0 Å². The van der Waals surface area contributed by atoms with Crippen LogP contribution in [0.15, 0.2) is 41.4 Å². The molecule has 2 saturated heterocycles. The average molecular weight is 533 g/mol. The first-order valence-corrected chi connectivity index (χ1v) is 14.5. The number of aromatic nitrogens is 1. The van der Waals surface area contributed by atoms with Crippen molar-refractivity contribution < 1.29 is 17.9 Å². The van der Waals surface area contributed by atoms with E-state index < -0.39 is 21.5 Å². The van der Waals surface area contributed by atoms with Crippen molar-refractivity contribution in [2.75, 3.05) is 36.0 Å². The monoisotopic (exact) mass is 532 g/mol. The van der Waals surface area contributed by atoms with Crippen LogP contribution >= 0.6 is 11.6 Å². The van der Waals surface area contributed by atoms with E-state index in [1.807, 2.05) is 12.1 Å². The van der Waals surface area contributed by atoms with Crippen LogP contribution in [0.1, 0.15) is 46.0 Å². The van der Waals surface area contributed by atoms with Gasteiger partial charge in [0, 0.05) is 50.1 Å². The zero-order chi connectivity index (χ0) is 25.5. The Hall–Kier alpha value is -2.52. The maximum absolute atomic E-state index is 13.2. The quantitative estimate of drug-likeness (QED) is 0.570. The predicted octanol–water partition coefficient (Wildman–Crippen LogP) is 4.23. The third-order valence-corrected chi connectivity index (χ3v) is 8.66. The number of pyridine rings is 1. The van der Waals surface area contributed by atoms with Gasteiger partial charge in [-0.1, -0.05) is 31.5 Å². The van der Waals surface area contributed by atoms with Gasteiger partial charge in [0.15, 0.2) is 10.6 Å². The molecule has 3 fully saturated rings. The Morgan fingerprint density at radius 3 is 2.44 bits per heavy atom. The highest BCUT2D eigenvalue weighted by atomic mass is 35.5. The second-order valence-electron chi connectivity index (χ2n) is 10.5. The van der Waals surface area contributed by atoms with Gasteiger partial charge in [-0.2, -0.15) is 8.42 Å². The minimum absolute atomic E-state index is 0.171. The summed E-state index contributed by atoms with van der Waals surface area (Å²) in [6, 6.07) is 10.3. The summed E-state index contributed by atoms with van der Waals surface area (Å²) >= 11 is 6.29. The Morgan fingerprint density at radius 2 is 1.78 bits per heavy atom. The van der Waals surface area contributed by atoms with E-state index in [4.69, 9.17) is 16.3 Å². The first-order valence-electron chi connectivity index (χ1n) is 12.7. The fourth-order valence-corrected chi connectivity index (χ4v) is 6.50. The van der Waals surface area contributed by atoms with Crippen LogP contribution in [0.5, 0.6) is 5.75 Å². The van der Waals surface area contributed by atoms with Crippen molar-refractivity contribution in [1.82, 2.24) is 9.71 Å². The summed E-state index contributed by atoms with van der Waals surface area (Å²) in [7, 11) is -4.15. The van der Waals surface area contributed by atoms with Gasteiger partial charge in [0.2, 0.25) is 0 Å². The van der Waals surface area contributed by atoms with E-state index >= 15 is 0 Å². The summed E-state index contributed by atoms with van der Waals surface area (Å²) in [5.74, 6) is 1.49. The maximum Gasteiger partial charge on any atom is 0.281 e. The number of amides is 1. The van der Waals surface area contributed by atoms with Crippen LogP contribution in [0.2, 0.25) is 5.02 Å². The molecule has 5 rings (SSSR count). The highest BCUT2D eigenvalue weighted by molar-refractivity contribution is 7.90. The lowest BCUT2D eigenvalue weighted by Gasteiger charge is -2.37. The van der Waals surface area contributed by atoms with Crippen LogP contribution < -0.4 is 19.3 Å². The molecule has 1 aromatic heterocycles. The van der Waals surface area contributed by atoms with Crippen molar-refractivity contribution in [2.45, 2.75) is 56.6 Å². The lowest BCUT2D eigenvalue weighted by atomic mass is 9.91. The van der Waals surface area contributed by atoms with Crippen LogP contribution in [-0.4, -0.2) is 51.1 Å². The molecule has 2 aromatic rings. The summed E-state index contributed by atoms with van der Waals surface area (Å²) in [4.78, 5) is 21.9. The third kappa shape index (κ3) is 5.27. The van der Waals surface area contributed by atoms with E-state index in [2.05, 4.69) is 33.4 Å². The Kier molecular flexibility index (Phi) is 6.80. The van der Waals surface area contributed by atoms with Crippen LogP contribution in [0.3, 0.4) is 0 Å². The lowest BCUT2D eigenvalue weighted by Crippen LogP contribution is -2.44. The van der Waals surface area contributed by atoms with Crippen LogP contribution in [0.4, 0.5) is 11.5 Å². The van der Waals surface area contributed by atoms with Gasteiger partial charge in [0.25, 0.3) is 15.9 Å². The molecule has 2 atom stereocenters. The van der Waals surface area contributed by atoms with Crippen molar-refractivity contribution in [3.8, 4) is 5.75 Å². The standard InChI is InChI=1S/C26H33ClN4O4S/c1-18-14-19(2)17-31(16-18)21-9-8-20(27)15-22(21)35-26(10-11-26)25(32)29-36(33,34)24-7-5-6-23(28-24)30-12-3-4-13-30/h5-9,15,18-19H,3-4,10-14,16-17H2,1-2H3,(H,29,32). The topological polar surface area (TPSA) is 91.8 Å². The van der Waals surface area contributed by atoms with Crippen LogP contribution in [0, 0.1) is 11.8 Å². The summed E-state index contributed by atoms with van der Waals surface area (Å²) in [5, 5.41) is 0.328. The molecule has 2 aliphatic heterocycles. The molecular weight excluding hydrogens is 500 g/mol. The molecule has 36 heavy (non-hydrogen) atoms. The third-order valence-electron chi connectivity index (χ3n) is 7.20. The number of piperidine rings is 1. The zero-order valence-electron chi connectivity index (χ0n) is 20.7. The van der Waals surface area contributed by atoms with E-state index in [0.717, 1.165) is 51.1 Å². The number of ether oxygens (including phenoxy) is 1. The number of carbonyl (C=O) groups excluding carboxylic acids is 1. The molecular formula is C26H33ClN4O4S. The maximum atomic E-state index is 13.2. The van der Waals surface area contributed by atoms with Gasteiger partial charge < -0.3 is 14.5 Å². The number of hydrogen-bond donors (Lipinski definition) is 1. The summed E-state index contributed by atoms with van der Waals surface area (Å²) < 4.78 is 34.6. The molecule has 3 heterocycles. The zero-order valence-corrected chi connectivity index (χ0v) is 22.3. The van der Waals surface area contributed by atoms with E-state index in [1.165, 1.54) is 6.07 Å². The molecule has 0 spiro atoms. The summed E-state index contributed by atoms with van der Waals surface area (Å²) in [6.07, 6.45) is 4.12.